The van der Waals surface area contributed by atoms with Gasteiger partial charge in [-0.2, -0.15) is 0 Å². The van der Waals surface area contributed by atoms with Gasteiger partial charge in [0.15, 0.2) is 0 Å². The molecule has 0 spiro atoms. The molecule has 1 amide bonds. The maximum atomic E-state index is 11.8. The van der Waals surface area contributed by atoms with Gasteiger partial charge < -0.3 is 5.32 Å². The summed E-state index contributed by atoms with van der Waals surface area (Å²) in [7, 11) is 0. The molecule has 1 N–H and O–H groups in total. The predicted octanol–water partition coefficient (Wildman–Crippen LogP) is 2.90. The van der Waals surface area contributed by atoms with Crippen molar-refractivity contribution in [1.29, 1.82) is 0 Å². The van der Waals surface area contributed by atoms with Crippen molar-refractivity contribution in [3.63, 3.8) is 0 Å². The van der Waals surface area contributed by atoms with Gasteiger partial charge >= 0.3 is 0 Å². The number of hydrogen-bond donors (Lipinski definition) is 1. The molecule has 19 heavy (non-hydrogen) atoms. The summed E-state index contributed by atoms with van der Waals surface area (Å²) in [6.07, 6.45) is 1.33. The number of non-ortho nitro benzene ring substituents is 1. The smallest absolute Gasteiger partial charge is 0.271 e. The number of nitro benzene ring substituents is 1. The fourth-order valence-corrected chi connectivity index (χ4v) is 1.52. The average Bonchev–Trinajstić information content (AvgIpc) is 2.39. The monoisotopic (exact) mass is 277 g/mol. The first kappa shape index (κ1) is 13.0. The third-order valence-electron chi connectivity index (χ3n) is 2.30. The van der Waals surface area contributed by atoms with E-state index in [2.05, 4.69) is 10.3 Å². The van der Waals surface area contributed by atoms with Gasteiger partial charge in [-0.1, -0.05) is 17.7 Å². The van der Waals surface area contributed by atoms with E-state index in [0.717, 1.165) is 0 Å². The standard InChI is InChI=1S/C12H8ClN3O3/c13-11-5-4-8(7-14-11)12(17)15-9-2-1-3-10(6-9)16(18)19/h1-7H,(H,15,17). The predicted molar refractivity (Wildman–Crippen MR) is 70.3 cm³/mol. The SMILES string of the molecule is O=C(Nc1cccc([N+](=O)[O-])c1)c1ccc(Cl)nc1. The summed E-state index contributed by atoms with van der Waals surface area (Å²) in [6.45, 7) is 0. The first-order valence-corrected chi connectivity index (χ1v) is 5.61. The van der Waals surface area contributed by atoms with Crippen LogP contribution in [0.2, 0.25) is 5.15 Å². The van der Waals surface area contributed by atoms with Gasteiger partial charge in [0.1, 0.15) is 5.15 Å². The lowest BCUT2D eigenvalue weighted by Crippen LogP contribution is -2.12. The number of amides is 1. The van der Waals surface area contributed by atoms with Gasteiger partial charge in [0, 0.05) is 24.0 Å². The Morgan fingerprint density at radius 2 is 2.11 bits per heavy atom. The minimum absolute atomic E-state index is 0.0907. The van der Waals surface area contributed by atoms with E-state index >= 15 is 0 Å². The van der Waals surface area contributed by atoms with E-state index in [1.807, 2.05) is 0 Å². The van der Waals surface area contributed by atoms with E-state index < -0.39 is 10.8 Å². The fraction of sp³-hybridized carbons (Fsp3) is 0. The molecule has 0 radical (unpaired) electrons. The number of nitro groups is 1. The van der Waals surface area contributed by atoms with Crippen LogP contribution in [0.5, 0.6) is 0 Å². The second kappa shape index (κ2) is 5.45. The van der Waals surface area contributed by atoms with Crippen LogP contribution in [0.4, 0.5) is 11.4 Å². The van der Waals surface area contributed by atoms with Crippen LogP contribution in [0.15, 0.2) is 42.6 Å². The van der Waals surface area contributed by atoms with Crippen molar-refractivity contribution >= 4 is 28.9 Å². The van der Waals surface area contributed by atoms with Gasteiger partial charge in [-0.3, -0.25) is 14.9 Å². The highest BCUT2D eigenvalue weighted by Gasteiger charge is 2.10. The number of hydrogen-bond acceptors (Lipinski definition) is 4. The number of nitrogens with one attached hydrogen (secondary N) is 1. The van der Waals surface area contributed by atoms with Crippen molar-refractivity contribution in [1.82, 2.24) is 4.98 Å². The fourth-order valence-electron chi connectivity index (χ4n) is 1.41. The molecule has 0 saturated heterocycles. The minimum Gasteiger partial charge on any atom is -0.322 e. The van der Waals surface area contributed by atoms with Crippen molar-refractivity contribution < 1.29 is 9.72 Å². The maximum Gasteiger partial charge on any atom is 0.271 e. The number of aromatic nitrogens is 1. The van der Waals surface area contributed by atoms with Crippen LogP contribution in [-0.2, 0) is 0 Å². The van der Waals surface area contributed by atoms with Gasteiger partial charge in [0.2, 0.25) is 0 Å². The Hall–Kier alpha value is -2.47. The summed E-state index contributed by atoms with van der Waals surface area (Å²) in [4.78, 5) is 25.7. The van der Waals surface area contributed by atoms with Gasteiger partial charge in [0.25, 0.3) is 11.6 Å². The van der Waals surface area contributed by atoms with Crippen LogP contribution >= 0.6 is 11.6 Å². The summed E-state index contributed by atoms with van der Waals surface area (Å²) in [5, 5.41) is 13.4. The zero-order chi connectivity index (χ0) is 13.8. The first-order valence-electron chi connectivity index (χ1n) is 5.23. The van der Waals surface area contributed by atoms with E-state index in [-0.39, 0.29) is 10.8 Å². The van der Waals surface area contributed by atoms with Crippen LogP contribution < -0.4 is 5.32 Å². The van der Waals surface area contributed by atoms with Crippen molar-refractivity contribution in [2.75, 3.05) is 5.32 Å². The largest absolute Gasteiger partial charge is 0.322 e. The van der Waals surface area contributed by atoms with Crippen molar-refractivity contribution in [3.05, 3.63) is 63.4 Å². The van der Waals surface area contributed by atoms with Crippen molar-refractivity contribution in [2.45, 2.75) is 0 Å². The summed E-state index contributed by atoms with van der Waals surface area (Å²) < 4.78 is 0. The number of nitrogens with zero attached hydrogens (tertiary/aromatic N) is 2. The first-order chi connectivity index (χ1) is 9.06. The molecule has 2 aromatic rings. The highest BCUT2D eigenvalue weighted by Crippen LogP contribution is 2.17. The molecule has 0 aliphatic heterocycles. The topological polar surface area (TPSA) is 85.1 Å². The van der Waals surface area contributed by atoms with Crippen molar-refractivity contribution in [3.8, 4) is 0 Å². The normalized spacial score (nSPS) is 9.95. The molecule has 0 fully saturated rings. The molecule has 0 saturated carbocycles. The molecule has 7 heteroatoms. The van der Waals surface area contributed by atoms with E-state index in [1.165, 1.54) is 36.5 Å². The number of benzene rings is 1. The van der Waals surface area contributed by atoms with E-state index in [0.29, 0.717) is 11.3 Å². The molecule has 1 aromatic carbocycles. The average molecular weight is 278 g/mol. The Bertz CT molecular complexity index is 628. The molecule has 1 aromatic heterocycles. The van der Waals surface area contributed by atoms with Crippen LogP contribution in [0.25, 0.3) is 0 Å². The Balaban J connectivity index is 2.17. The molecule has 0 aliphatic carbocycles. The lowest BCUT2D eigenvalue weighted by molar-refractivity contribution is -0.384. The van der Waals surface area contributed by atoms with Crippen LogP contribution in [0.1, 0.15) is 10.4 Å². The second-order valence-corrected chi connectivity index (χ2v) is 4.02. The number of halogens is 1. The molecule has 2 rings (SSSR count). The summed E-state index contributed by atoms with van der Waals surface area (Å²) in [6, 6.07) is 8.69. The lowest BCUT2D eigenvalue weighted by Gasteiger charge is -2.04. The zero-order valence-corrected chi connectivity index (χ0v) is 10.3. The highest BCUT2D eigenvalue weighted by atomic mass is 35.5. The number of carbonyl (C=O) groups is 1. The van der Waals surface area contributed by atoms with Gasteiger partial charge in [-0.05, 0) is 18.2 Å². The summed E-state index contributed by atoms with van der Waals surface area (Å²) in [5.41, 5.74) is 0.567. The molecule has 0 aliphatic rings. The van der Waals surface area contributed by atoms with Crippen LogP contribution in [0.3, 0.4) is 0 Å². The Morgan fingerprint density at radius 3 is 2.74 bits per heavy atom. The Morgan fingerprint density at radius 1 is 1.32 bits per heavy atom. The zero-order valence-electron chi connectivity index (χ0n) is 9.54. The summed E-state index contributed by atoms with van der Waals surface area (Å²) in [5.74, 6) is -0.412. The molecule has 1 heterocycles. The van der Waals surface area contributed by atoms with Crippen LogP contribution in [0, 0.1) is 10.1 Å². The lowest BCUT2D eigenvalue weighted by atomic mass is 10.2. The van der Waals surface area contributed by atoms with E-state index in [4.69, 9.17) is 11.6 Å². The third kappa shape index (κ3) is 3.26. The Kier molecular flexibility index (Phi) is 3.72. The number of pyridine rings is 1. The van der Waals surface area contributed by atoms with E-state index in [1.54, 1.807) is 6.07 Å². The minimum atomic E-state index is -0.528. The Labute approximate surface area is 113 Å². The molecule has 6 nitrogen and oxygen atoms in total. The second-order valence-electron chi connectivity index (χ2n) is 3.63. The summed E-state index contributed by atoms with van der Waals surface area (Å²) >= 11 is 5.61. The van der Waals surface area contributed by atoms with Crippen LogP contribution in [-0.4, -0.2) is 15.8 Å². The molecular formula is C12H8ClN3O3. The molecule has 0 bridgehead atoms. The van der Waals surface area contributed by atoms with Crippen molar-refractivity contribution in [2.24, 2.45) is 0 Å². The maximum absolute atomic E-state index is 11.8. The van der Waals surface area contributed by atoms with E-state index in [9.17, 15) is 14.9 Å². The molecule has 0 atom stereocenters. The van der Waals surface area contributed by atoms with Gasteiger partial charge in [-0.25, -0.2) is 4.98 Å². The van der Waals surface area contributed by atoms with Gasteiger partial charge in [-0.15, -0.1) is 0 Å². The number of carbonyl (C=O) groups excluding carboxylic acids is 1. The molecule has 96 valence electrons. The molecule has 0 unspecified atom stereocenters. The number of rotatable bonds is 3. The molecular weight excluding hydrogens is 270 g/mol. The third-order valence-corrected chi connectivity index (χ3v) is 2.53. The number of anilines is 1. The quantitative estimate of drug-likeness (QED) is 0.531. The highest BCUT2D eigenvalue weighted by molar-refractivity contribution is 6.29. The van der Waals surface area contributed by atoms with Gasteiger partial charge in [0.05, 0.1) is 10.5 Å².